The molecule has 2 aromatic rings. The topological polar surface area (TPSA) is 52.0 Å². The van der Waals surface area contributed by atoms with Gasteiger partial charge in [0, 0.05) is 16.0 Å². The maximum Gasteiger partial charge on any atom is 0.222 e. The van der Waals surface area contributed by atoms with E-state index in [0.29, 0.717) is 5.88 Å². The fourth-order valence-electron chi connectivity index (χ4n) is 2.10. The number of benzene rings is 1. The summed E-state index contributed by atoms with van der Waals surface area (Å²) in [5, 5.41) is 4.04. The summed E-state index contributed by atoms with van der Waals surface area (Å²) >= 11 is 3.44. The van der Waals surface area contributed by atoms with Crippen molar-refractivity contribution in [3.05, 3.63) is 46.1 Å². The summed E-state index contributed by atoms with van der Waals surface area (Å²) in [5.74, 6) is 0.387. The third kappa shape index (κ3) is 1.45. The molecule has 1 fully saturated rings. The Hall–Kier alpha value is -1.29. The second kappa shape index (κ2) is 3.35. The van der Waals surface area contributed by atoms with Gasteiger partial charge in [0.1, 0.15) is 0 Å². The molecule has 16 heavy (non-hydrogen) atoms. The van der Waals surface area contributed by atoms with E-state index in [9.17, 15) is 0 Å². The molecular weight excluding hydrogens is 268 g/mol. The van der Waals surface area contributed by atoms with E-state index in [1.807, 2.05) is 6.07 Å². The van der Waals surface area contributed by atoms with Crippen molar-refractivity contribution in [1.82, 2.24) is 5.16 Å². The van der Waals surface area contributed by atoms with Gasteiger partial charge in [-0.2, -0.15) is 0 Å². The lowest BCUT2D eigenvalue weighted by Crippen LogP contribution is -2.08. The Balaban J connectivity index is 2.03. The van der Waals surface area contributed by atoms with E-state index in [4.69, 9.17) is 10.3 Å². The van der Waals surface area contributed by atoms with Gasteiger partial charge in [-0.3, -0.25) is 0 Å². The lowest BCUT2D eigenvalue weighted by atomic mass is 9.92. The lowest BCUT2D eigenvalue weighted by Gasteiger charge is -2.11. The van der Waals surface area contributed by atoms with Crippen LogP contribution in [-0.2, 0) is 5.41 Å². The van der Waals surface area contributed by atoms with Crippen molar-refractivity contribution in [3.8, 4) is 0 Å². The molecule has 1 aliphatic carbocycles. The van der Waals surface area contributed by atoms with E-state index in [0.717, 1.165) is 23.0 Å². The number of halogens is 1. The van der Waals surface area contributed by atoms with Crippen LogP contribution in [-0.4, -0.2) is 5.16 Å². The fourth-order valence-corrected chi connectivity index (χ4v) is 2.37. The van der Waals surface area contributed by atoms with Crippen molar-refractivity contribution in [2.24, 2.45) is 0 Å². The highest BCUT2D eigenvalue weighted by atomic mass is 79.9. The molecule has 0 atom stereocenters. The number of hydrogen-bond donors (Lipinski definition) is 1. The van der Waals surface area contributed by atoms with Crippen LogP contribution in [0, 0.1) is 0 Å². The Bertz CT molecular complexity index is 514. The third-order valence-corrected chi connectivity index (χ3v) is 3.69. The van der Waals surface area contributed by atoms with Crippen LogP contribution in [0.2, 0.25) is 0 Å². The highest BCUT2D eigenvalue weighted by Gasteiger charge is 2.48. The van der Waals surface area contributed by atoms with Crippen LogP contribution >= 0.6 is 15.9 Å². The van der Waals surface area contributed by atoms with Gasteiger partial charge in [-0.05, 0) is 30.5 Å². The molecule has 0 spiro atoms. The molecule has 1 aromatic heterocycles. The first-order valence-electron chi connectivity index (χ1n) is 5.19. The Labute approximate surface area is 102 Å². The number of rotatable bonds is 2. The second-order valence-electron chi connectivity index (χ2n) is 4.20. The van der Waals surface area contributed by atoms with E-state index in [2.05, 4.69) is 45.4 Å². The van der Waals surface area contributed by atoms with Crippen LogP contribution in [0.4, 0.5) is 5.88 Å². The van der Waals surface area contributed by atoms with Crippen molar-refractivity contribution in [2.45, 2.75) is 18.3 Å². The maximum absolute atomic E-state index is 5.57. The molecule has 0 radical (unpaired) electrons. The first-order valence-corrected chi connectivity index (χ1v) is 5.99. The molecule has 0 bridgehead atoms. The molecule has 0 amide bonds. The minimum atomic E-state index is 0.0435. The highest BCUT2D eigenvalue weighted by molar-refractivity contribution is 9.10. The third-order valence-electron chi connectivity index (χ3n) is 3.17. The van der Waals surface area contributed by atoms with E-state index in [1.54, 1.807) is 0 Å². The standard InChI is InChI=1S/C12H11BrN2O/c13-9-3-1-8(2-4-9)12(5-6-12)10-7-11(14)16-15-10/h1-4,7H,5-6,14H2. The van der Waals surface area contributed by atoms with Gasteiger partial charge in [0.25, 0.3) is 0 Å². The first-order chi connectivity index (χ1) is 7.71. The minimum Gasteiger partial charge on any atom is -0.368 e. The van der Waals surface area contributed by atoms with E-state index in [1.165, 1.54) is 5.56 Å². The molecule has 2 N–H and O–H groups in total. The summed E-state index contributed by atoms with van der Waals surface area (Å²) in [5.41, 5.74) is 7.84. The predicted octanol–water partition coefficient (Wildman–Crippen LogP) is 3.10. The van der Waals surface area contributed by atoms with E-state index < -0.39 is 0 Å². The van der Waals surface area contributed by atoms with Gasteiger partial charge in [0.2, 0.25) is 5.88 Å². The smallest absolute Gasteiger partial charge is 0.222 e. The average molecular weight is 279 g/mol. The van der Waals surface area contributed by atoms with Gasteiger partial charge in [-0.15, -0.1) is 0 Å². The zero-order chi connectivity index (χ0) is 11.2. The van der Waals surface area contributed by atoms with Gasteiger partial charge < -0.3 is 10.3 Å². The van der Waals surface area contributed by atoms with Crippen molar-refractivity contribution in [2.75, 3.05) is 5.73 Å². The molecule has 1 aromatic carbocycles. The highest BCUT2D eigenvalue weighted by Crippen LogP contribution is 2.53. The molecule has 4 heteroatoms. The molecule has 1 saturated carbocycles. The number of nitrogens with zero attached hydrogens (tertiary/aromatic N) is 1. The summed E-state index contributed by atoms with van der Waals surface area (Å²) in [6.45, 7) is 0. The molecule has 0 saturated heterocycles. The van der Waals surface area contributed by atoms with Gasteiger partial charge in [0.05, 0.1) is 5.69 Å². The van der Waals surface area contributed by atoms with Crippen molar-refractivity contribution < 1.29 is 4.52 Å². The van der Waals surface area contributed by atoms with Crippen molar-refractivity contribution >= 4 is 21.8 Å². The van der Waals surface area contributed by atoms with E-state index >= 15 is 0 Å². The molecule has 1 aliphatic rings. The normalized spacial score (nSPS) is 17.3. The van der Waals surface area contributed by atoms with Crippen LogP contribution in [0.15, 0.2) is 39.3 Å². The lowest BCUT2D eigenvalue weighted by molar-refractivity contribution is 0.422. The average Bonchev–Trinajstić information content (AvgIpc) is 2.97. The zero-order valence-corrected chi connectivity index (χ0v) is 10.2. The van der Waals surface area contributed by atoms with Gasteiger partial charge in [0.15, 0.2) is 0 Å². The Kier molecular flexibility index (Phi) is 2.07. The van der Waals surface area contributed by atoms with Crippen LogP contribution in [0.5, 0.6) is 0 Å². The number of nitrogen functional groups attached to an aromatic ring is 1. The summed E-state index contributed by atoms with van der Waals surface area (Å²) in [4.78, 5) is 0. The van der Waals surface area contributed by atoms with Gasteiger partial charge >= 0.3 is 0 Å². The Morgan fingerprint density at radius 2 is 1.94 bits per heavy atom. The van der Waals surface area contributed by atoms with Crippen LogP contribution in [0.1, 0.15) is 24.1 Å². The van der Waals surface area contributed by atoms with Crippen LogP contribution in [0.3, 0.4) is 0 Å². The largest absolute Gasteiger partial charge is 0.368 e. The van der Waals surface area contributed by atoms with Gasteiger partial charge in [-0.1, -0.05) is 33.2 Å². The minimum absolute atomic E-state index is 0.0435. The van der Waals surface area contributed by atoms with E-state index in [-0.39, 0.29) is 5.41 Å². The molecule has 3 nitrogen and oxygen atoms in total. The predicted molar refractivity (Wildman–Crippen MR) is 65.1 cm³/mol. The summed E-state index contributed by atoms with van der Waals surface area (Å²) in [7, 11) is 0. The van der Waals surface area contributed by atoms with Crippen LogP contribution < -0.4 is 5.73 Å². The molecular formula is C12H11BrN2O. The molecule has 82 valence electrons. The number of anilines is 1. The van der Waals surface area contributed by atoms with Gasteiger partial charge in [-0.25, -0.2) is 0 Å². The Morgan fingerprint density at radius 1 is 1.25 bits per heavy atom. The first kappa shape index (κ1) is 9.90. The molecule has 0 aliphatic heterocycles. The summed E-state index contributed by atoms with van der Waals surface area (Å²) in [6, 6.07) is 10.2. The molecule has 3 rings (SSSR count). The maximum atomic E-state index is 5.57. The monoisotopic (exact) mass is 278 g/mol. The number of aromatic nitrogens is 1. The zero-order valence-electron chi connectivity index (χ0n) is 8.61. The molecule has 0 unspecified atom stereocenters. The number of hydrogen-bond acceptors (Lipinski definition) is 3. The van der Waals surface area contributed by atoms with Crippen LogP contribution in [0.25, 0.3) is 0 Å². The van der Waals surface area contributed by atoms with Crippen molar-refractivity contribution in [1.29, 1.82) is 0 Å². The number of nitrogens with two attached hydrogens (primary N) is 1. The fraction of sp³-hybridized carbons (Fsp3) is 0.250. The molecule has 1 heterocycles. The quantitative estimate of drug-likeness (QED) is 0.919. The second-order valence-corrected chi connectivity index (χ2v) is 5.12. The summed E-state index contributed by atoms with van der Waals surface area (Å²) < 4.78 is 6.04. The summed E-state index contributed by atoms with van der Waals surface area (Å²) in [6.07, 6.45) is 2.22. The van der Waals surface area contributed by atoms with Crippen molar-refractivity contribution in [3.63, 3.8) is 0 Å². The SMILES string of the molecule is Nc1cc(C2(c3ccc(Br)cc3)CC2)no1. The Morgan fingerprint density at radius 3 is 2.44 bits per heavy atom.